The van der Waals surface area contributed by atoms with Gasteiger partial charge in [0.05, 0.1) is 15.7 Å². The Morgan fingerprint density at radius 1 is 1.29 bits per heavy atom. The molecule has 0 radical (unpaired) electrons. The molecule has 17 heavy (non-hydrogen) atoms. The van der Waals surface area contributed by atoms with Gasteiger partial charge in [0.15, 0.2) is 0 Å². The fourth-order valence-electron chi connectivity index (χ4n) is 1.70. The number of hydrogen-bond donors (Lipinski definition) is 0. The lowest BCUT2D eigenvalue weighted by atomic mass is 10.0. The molecule has 1 heterocycles. The molecule has 0 fully saturated rings. The molecule has 0 amide bonds. The summed E-state index contributed by atoms with van der Waals surface area (Å²) in [5.41, 5.74) is 3.78. The highest BCUT2D eigenvalue weighted by Crippen LogP contribution is 2.37. The molecule has 0 N–H and O–H groups in total. The molecule has 1 nitrogen and oxygen atoms in total. The average Bonchev–Trinajstić information content (AvgIpc) is 2.75. The van der Waals surface area contributed by atoms with Gasteiger partial charge < -0.3 is 4.74 Å². The lowest BCUT2D eigenvalue weighted by molar-refractivity contribution is 0.414. The Kier molecular flexibility index (Phi) is 4.28. The first kappa shape index (κ1) is 13.1. The first-order chi connectivity index (χ1) is 8.11. The molecule has 90 valence electrons. The number of halogens is 2. The third-order valence-corrected chi connectivity index (χ3v) is 5.18. The summed E-state index contributed by atoms with van der Waals surface area (Å²) in [7, 11) is 1.69. The SMILES string of the molecule is COc1ccc(C(Br)c2csc(Br)c2)c(C)c1. The number of thiophene rings is 1. The zero-order chi connectivity index (χ0) is 12.4. The van der Waals surface area contributed by atoms with Crippen molar-refractivity contribution in [2.75, 3.05) is 7.11 Å². The number of benzene rings is 1. The van der Waals surface area contributed by atoms with Gasteiger partial charge in [-0.1, -0.05) is 22.0 Å². The molecular formula is C13H12Br2OS. The van der Waals surface area contributed by atoms with Crippen LogP contribution in [-0.2, 0) is 0 Å². The number of rotatable bonds is 3. The van der Waals surface area contributed by atoms with E-state index in [-0.39, 0.29) is 4.83 Å². The topological polar surface area (TPSA) is 9.23 Å². The van der Waals surface area contributed by atoms with Gasteiger partial charge in [0.2, 0.25) is 0 Å². The second kappa shape index (κ2) is 5.55. The van der Waals surface area contributed by atoms with Crippen molar-refractivity contribution in [2.24, 2.45) is 0 Å². The van der Waals surface area contributed by atoms with Gasteiger partial charge in [0.25, 0.3) is 0 Å². The Balaban J connectivity index is 2.34. The smallest absolute Gasteiger partial charge is 0.119 e. The Hall–Kier alpha value is -0.320. The number of methoxy groups -OCH3 is 1. The van der Waals surface area contributed by atoms with Crippen LogP contribution in [0, 0.1) is 6.92 Å². The van der Waals surface area contributed by atoms with Gasteiger partial charge in [-0.15, -0.1) is 11.3 Å². The second-order valence-corrected chi connectivity index (χ2v) is 6.98. The van der Waals surface area contributed by atoms with Gasteiger partial charge in [0.1, 0.15) is 5.75 Å². The molecule has 1 aromatic heterocycles. The van der Waals surface area contributed by atoms with Crippen molar-refractivity contribution in [1.82, 2.24) is 0 Å². The normalized spacial score (nSPS) is 12.5. The highest BCUT2D eigenvalue weighted by atomic mass is 79.9. The van der Waals surface area contributed by atoms with Gasteiger partial charge in [-0.2, -0.15) is 0 Å². The lowest BCUT2D eigenvalue weighted by Gasteiger charge is -2.13. The Labute approximate surface area is 122 Å². The maximum atomic E-state index is 5.22. The molecule has 0 aliphatic rings. The van der Waals surface area contributed by atoms with Crippen molar-refractivity contribution in [3.8, 4) is 5.75 Å². The van der Waals surface area contributed by atoms with Crippen LogP contribution in [0.3, 0.4) is 0 Å². The van der Waals surface area contributed by atoms with Crippen molar-refractivity contribution < 1.29 is 4.74 Å². The third kappa shape index (κ3) is 2.92. The van der Waals surface area contributed by atoms with E-state index in [9.17, 15) is 0 Å². The number of alkyl halides is 1. The van der Waals surface area contributed by atoms with Crippen LogP contribution in [-0.4, -0.2) is 7.11 Å². The summed E-state index contributed by atoms with van der Waals surface area (Å²) >= 11 is 8.94. The summed E-state index contributed by atoms with van der Waals surface area (Å²) in [6.07, 6.45) is 0. The zero-order valence-corrected chi connectivity index (χ0v) is 13.5. The van der Waals surface area contributed by atoms with Crippen LogP contribution in [0.5, 0.6) is 5.75 Å². The van der Waals surface area contributed by atoms with Crippen molar-refractivity contribution in [1.29, 1.82) is 0 Å². The van der Waals surface area contributed by atoms with Crippen LogP contribution in [0.1, 0.15) is 21.5 Å². The fourth-order valence-corrected chi connectivity index (χ4v) is 3.85. The number of aryl methyl sites for hydroxylation is 1. The quantitative estimate of drug-likeness (QED) is 0.660. The first-order valence-electron chi connectivity index (χ1n) is 5.14. The van der Waals surface area contributed by atoms with Crippen LogP contribution in [0.4, 0.5) is 0 Å². The molecule has 0 saturated carbocycles. The maximum Gasteiger partial charge on any atom is 0.119 e. The second-order valence-electron chi connectivity index (χ2n) is 3.77. The summed E-state index contributed by atoms with van der Waals surface area (Å²) in [4.78, 5) is 0.232. The standard InChI is InChI=1S/C13H12Br2OS/c1-8-5-10(16-2)3-4-11(8)13(15)9-6-12(14)17-7-9/h3-7,13H,1-2H3. The van der Waals surface area contributed by atoms with Gasteiger partial charge >= 0.3 is 0 Å². The van der Waals surface area contributed by atoms with Crippen molar-refractivity contribution in [3.05, 3.63) is 50.1 Å². The first-order valence-corrected chi connectivity index (χ1v) is 7.73. The average molecular weight is 376 g/mol. The maximum absolute atomic E-state index is 5.22. The van der Waals surface area contributed by atoms with E-state index in [1.807, 2.05) is 6.07 Å². The van der Waals surface area contributed by atoms with E-state index in [2.05, 4.69) is 62.4 Å². The molecule has 0 aliphatic carbocycles. The molecule has 4 heteroatoms. The van der Waals surface area contributed by atoms with Gasteiger partial charge in [0, 0.05) is 0 Å². The lowest BCUT2D eigenvalue weighted by Crippen LogP contribution is -1.95. The predicted molar refractivity (Wildman–Crippen MR) is 80.5 cm³/mol. The molecule has 1 aromatic carbocycles. The Bertz CT molecular complexity index is 522. The molecule has 0 bridgehead atoms. The zero-order valence-electron chi connectivity index (χ0n) is 9.54. The van der Waals surface area contributed by atoms with E-state index >= 15 is 0 Å². The third-order valence-electron chi connectivity index (χ3n) is 2.63. The molecular weight excluding hydrogens is 364 g/mol. The Morgan fingerprint density at radius 3 is 2.59 bits per heavy atom. The molecule has 0 aliphatic heterocycles. The fraction of sp³-hybridized carbons (Fsp3) is 0.231. The summed E-state index contributed by atoms with van der Waals surface area (Å²) in [5, 5.41) is 2.16. The minimum Gasteiger partial charge on any atom is -0.497 e. The van der Waals surface area contributed by atoms with Crippen molar-refractivity contribution >= 4 is 43.2 Å². The highest BCUT2D eigenvalue weighted by Gasteiger charge is 2.14. The van der Waals surface area contributed by atoms with Crippen molar-refractivity contribution in [3.63, 3.8) is 0 Å². The van der Waals surface area contributed by atoms with E-state index in [4.69, 9.17) is 4.74 Å². The summed E-state index contributed by atoms with van der Waals surface area (Å²) < 4.78 is 6.37. The van der Waals surface area contributed by atoms with E-state index in [1.54, 1.807) is 18.4 Å². The highest BCUT2D eigenvalue weighted by molar-refractivity contribution is 9.11. The molecule has 1 unspecified atom stereocenters. The molecule has 0 spiro atoms. The molecule has 1 atom stereocenters. The summed E-state index contributed by atoms with van der Waals surface area (Å²) in [5.74, 6) is 0.900. The van der Waals surface area contributed by atoms with E-state index in [1.165, 1.54) is 16.7 Å². The minimum atomic E-state index is 0.232. The van der Waals surface area contributed by atoms with Crippen LogP contribution >= 0.6 is 43.2 Å². The van der Waals surface area contributed by atoms with E-state index in [0.29, 0.717) is 0 Å². The largest absolute Gasteiger partial charge is 0.497 e. The van der Waals surface area contributed by atoms with Crippen LogP contribution in [0.25, 0.3) is 0 Å². The number of hydrogen-bond acceptors (Lipinski definition) is 2. The summed E-state index contributed by atoms with van der Waals surface area (Å²) in [6, 6.07) is 8.32. The predicted octanol–water partition coefficient (Wildman–Crippen LogP) is 5.31. The minimum absolute atomic E-state index is 0.232. The van der Waals surface area contributed by atoms with Crippen LogP contribution in [0.2, 0.25) is 0 Å². The molecule has 2 rings (SSSR count). The van der Waals surface area contributed by atoms with Crippen molar-refractivity contribution in [2.45, 2.75) is 11.8 Å². The van der Waals surface area contributed by atoms with Gasteiger partial charge in [-0.3, -0.25) is 0 Å². The van der Waals surface area contributed by atoms with Gasteiger partial charge in [-0.05, 0) is 63.1 Å². The number of ether oxygens (including phenoxy) is 1. The van der Waals surface area contributed by atoms with E-state index < -0.39 is 0 Å². The Morgan fingerprint density at radius 2 is 2.06 bits per heavy atom. The summed E-state index contributed by atoms with van der Waals surface area (Å²) in [6.45, 7) is 2.10. The van der Waals surface area contributed by atoms with E-state index in [0.717, 1.165) is 9.54 Å². The molecule has 0 saturated heterocycles. The van der Waals surface area contributed by atoms with Crippen LogP contribution in [0.15, 0.2) is 33.4 Å². The molecule has 2 aromatic rings. The van der Waals surface area contributed by atoms with Crippen LogP contribution < -0.4 is 4.74 Å². The monoisotopic (exact) mass is 374 g/mol. The van der Waals surface area contributed by atoms with Gasteiger partial charge in [-0.25, -0.2) is 0 Å².